The van der Waals surface area contributed by atoms with Gasteiger partial charge in [-0.1, -0.05) is 13.8 Å². The van der Waals surface area contributed by atoms with Crippen molar-refractivity contribution in [2.24, 2.45) is 5.92 Å². The summed E-state index contributed by atoms with van der Waals surface area (Å²) >= 11 is 0. The first kappa shape index (κ1) is 24.1. The first-order valence-electron chi connectivity index (χ1n) is 9.52. The van der Waals surface area contributed by atoms with Crippen LogP contribution in [0.5, 0.6) is 0 Å². The molecule has 2 N–H and O–H groups in total. The molecule has 0 saturated carbocycles. The van der Waals surface area contributed by atoms with Gasteiger partial charge < -0.3 is 20.1 Å². The SMILES string of the molecule is CC(C)CC(=O)Nc1ccc(C(=O)COC(=O)CCNC(=O)OC(C)(C)C)cc1. The molecule has 0 atom stereocenters. The Balaban J connectivity index is 2.36. The minimum absolute atomic E-state index is 0.0483. The standard InChI is InChI=1S/C21H30N2O6/c1-14(2)12-18(25)23-16-8-6-15(7-9-16)17(24)13-28-19(26)10-11-22-20(27)29-21(3,4)5/h6-9,14H,10-13H2,1-5H3,(H,22,27)(H,23,25). The van der Waals surface area contributed by atoms with Crippen LogP contribution in [-0.2, 0) is 19.1 Å². The predicted molar refractivity (Wildman–Crippen MR) is 109 cm³/mol. The first-order valence-corrected chi connectivity index (χ1v) is 9.52. The van der Waals surface area contributed by atoms with Gasteiger partial charge in [0.05, 0.1) is 6.42 Å². The molecule has 8 heteroatoms. The van der Waals surface area contributed by atoms with Crippen molar-refractivity contribution in [1.29, 1.82) is 0 Å². The normalized spacial score (nSPS) is 11.0. The van der Waals surface area contributed by atoms with Crippen molar-refractivity contribution in [3.63, 3.8) is 0 Å². The molecular weight excluding hydrogens is 376 g/mol. The van der Waals surface area contributed by atoms with E-state index in [1.165, 1.54) is 0 Å². The van der Waals surface area contributed by atoms with E-state index in [-0.39, 0.29) is 30.6 Å². The average Bonchev–Trinajstić information content (AvgIpc) is 2.58. The molecule has 0 aliphatic heterocycles. The summed E-state index contributed by atoms with van der Waals surface area (Å²) in [6.45, 7) is 8.76. The van der Waals surface area contributed by atoms with Crippen molar-refractivity contribution < 1.29 is 28.7 Å². The zero-order valence-corrected chi connectivity index (χ0v) is 17.7. The Morgan fingerprint density at radius 1 is 1.03 bits per heavy atom. The molecule has 0 bridgehead atoms. The molecule has 0 aromatic heterocycles. The van der Waals surface area contributed by atoms with Gasteiger partial charge in [-0.05, 0) is 51.0 Å². The van der Waals surface area contributed by atoms with Crippen LogP contribution < -0.4 is 10.6 Å². The predicted octanol–water partition coefficient (Wildman–Crippen LogP) is 3.31. The van der Waals surface area contributed by atoms with Crippen LogP contribution in [0.1, 0.15) is 57.8 Å². The van der Waals surface area contributed by atoms with E-state index in [0.717, 1.165) is 0 Å². The number of Topliss-reactive ketones (excluding diaryl/α,β-unsaturated/α-hetero) is 1. The van der Waals surface area contributed by atoms with Crippen LogP contribution in [0.3, 0.4) is 0 Å². The van der Waals surface area contributed by atoms with Crippen LogP contribution in [0.4, 0.5) is 10.5 Å². The van der Waals surface area contributed by atoms with Crippen LogP contribution in [-0.4, -0.2) is 42.5 Å². The van der Waals surface area contributed by atoms with E-state index in [0.29, 0.717) is 17.7 Å². The molecule has 0 unspecified atom stereocenters. The molecule has 8 nitrogen and oxygen atoms in total. The van der Waals surface area contributed by atoms with Crippen molar-refractivity contribution >= 4 is 29.4 Å². The van der Waals surface area contributed by atoms with E-state index in [1.807, 2.05) is 13.8 Å². The third-order valence-electron chi connectivity index (χ3n) is 3.45. The van der Waals surface area contributed by atoms with Crippen molar-refractivity contribution in [3.8, 4) is 0 Å². The molecule has 0 saturated heterocycles. The summed E-state index contributed by atoms with van der Waals surface area (Å²) in [5, 5.41) is 5.20. The number of benzene rings is 1. The smallest absolute Gasteiger partial charge is 0.407 e. The van der Waals surface area contributed by atoms with Gasteiger partial charge in [-0.3, -0.25) is 14.4 Å². The van der Waals surface area contributed by atoms with Crippen LogP contribution in [0, 0.1) is 5.92 Å². The van der Waals surface area contributed by atoms with Gasteiger partial charge in [0.25, 0.3) is 0 Å². The quantitative estimate of drug-likeness (QED) is 0.481. The van der Waals surface area contributed by atoms with E-state index in [4.69, 9.17) is 9.47 Å². The number of hydrogen-bond acceptors (Lipinski definition) is 6. The van der Waals surface area contributed by atoms with Crippen molar-refractivity contribution in [1.82, 2.24) is 5.32 Å². The van der Waals surface area contributed by atoms with Gasteiger partial charge in [0.1, 0.15) is 5.60 Å². The fraction of sp³-hybridized carbons (Fsp3) is 0.524. The Bertz CT molecular complexity index is 720. The van der Waals surface area contributed by atoms with Crippen molar-refractivity contribution in [2.45, 2.75) is 53.1 Å². The topological polar surface area (TPSA) is 111 Å². The molecule has 1 aromatic rings. The molecule has 0 heterocycles. The molecule has 0 spiro atoms. The highest BCUT2D eigenvalue weighted by atomic mass is 16.6. The lowest BCUT2D eigenvalue weighted by molar-refractivity contribution is -0.142. The number of nitrogens with one attached hydrogen (secondary N) is 2. The number of alkyl carbamates (subject to hydrolysis) is 1. The maximum Gasteiger partial charge on any atom is 0.407 e. The summed E-state index contributed by atoms with van der Waals surface area (Å²) in [5.41, 5.74) is 0.341. The molecule has 0 radical (unpaired) electrons. The summed E-state index contributed by atoms with van der Waals surface area (Å²) in [5.74, 6) is -0.802. The van der Waals surface area contributed by atoms with Crippen molar-refractivity contribution in [3.05, 3.63) is 29.8 Å². The Kier molecular flexibility index (Phi) is 9.31. The number of carbonyl (C=O) groups is 4. The molecule has 160 valence electrons. The largest absolute Gasteiger partial charge is 0.457 e. The molecule has 1 aromatic carbocycles. The second-order valence-electron chi connectivity index (χ2n) is 7.99. The minimum Gasteiger partial charge on any atom is -0.457 e. The van der Waals surface area contributed by atoms with E-state index in [9.17, 15) is 19.2 Å². The Labute approximate surface area is 171 Å². The number of carbonyl (C=O) groups excluding carboxylic acids is 4. The first-order chi connectivity index (χ1) is 13.5. The number of ketones is 1. The molecule has 2 amide bonds. The van der Waals surface area contributed by atoms with Crippen molar-refractivity contribution in [2.75, 3.05) is 18.5 Å². The van der Waals surface area contributed by atoms with Gasteiger partial charge in [0, 0.05) is 24.2 Å². The van der Waals surface area contributed by atoms with Gasteiger partial charge in [0.2, 0.25) is 5.91 Å². The zero-order chi connectivity index (χ0) is 22.0. The van der Waals surface area contributed by atoms with E-state index >= 15 is 0 Å². The van der Waals surface area contributed by atoms with Crippen LogP contribution in [0.15, 0.2) is 24.3 Å². The lowest BCUT2D eigenvalue weighted by atomic mass is 10.1. The fourth-order valence-electron chi connectivity index (χ4n) is 2.20. The fourth-order valence-corrected chi connectivity index (χ4v) is 2.20. The molecule has 29 heavy (non-hydrogen) atoms. The monoisotopic (exact) mass is 406 g/mol. The lowest BCUT2D eigenvalue weighted by Crippen LogP contribution is -2.33. The van der Waals surface area contributed by atoms with Crippen LogP contribution in [0.25, 0.3) is 0 Å². The van der Waals surface area contributed by atoms with E-state index < -0.39 is 24.3 Å². The summed E-state index contributed by atoms with van der Waals surface area (Å²) in [7, 11) is 0. The van der Waals surface area contributed by atoms with E-state index in [1.54, 1.807) is 45.0 Å². The number of esters is 1. The van der Waals surface area contributed by atoms with Gasteiger partial charge >= 0.3 is 12.1 Å². The number of ether oxygens (including phenoxy) is 2. The highest BCUT2D eigenvalue weighted by Gasteiger charge is 2.16. The van der Waals surface area contributed by atoms with Gasteiger partial charge in [-0.2, -0.15) is 0 Å². The Morgan fingerprint density at radius 2 is 1.66 bits per heavy atom. The summed E-state index contributed by atoms with van der Waals surface area (Å²) in [4.78, 5) is 47.0. The second-order valence-corrected chi connectivity index (χ2v) is 7.99. The molecule has 1 rings (SSSR count). The maximum atomic E-state index is 12.1. The van der Waals surface area contributed by atoms with Crippen LogP contribution >= 0.6 is 0 Å². The minimum atomic E-state index is -0.623. The zero-order valence-electron chi connectivity index (χ0n) is 17.7. The molecular formula is C21H30N2O6. The number of rotatable bonds is 9. The Hall–Kier alpha value is -2.90. The third-order valence-corrected chi connectivity index (χ3v) is 3.45. The molecule has 0 fully saturated rings. The Morgan fingerprint density at radius 3 is 2.21 bits per heavy atom. The number of amides is 2. The van der Waals surface area contributed by atoms with Gasteiger partial charge in [-0.15, -0.1) is 0 Å². The summed E-state index contributed by atoms with van der Waals surface area (Å²) in [6, 6.07) is 6.37. The number of hydrogen-bond donors (Lipinski definition) is 2. The second kappa shape index (κ2) is 11.2. The van der Waals surface area contributed by atoms with Gasteiger partial charge in [-0.25, -0.2) is 4.79 Å². The highest BCUT2D eigenvalue weighted by molar-refractivity contribution is 5.98. The third kappa shape index (κ3) is 10.9. The summed E-state index contributed by atoms with van der Waals surface area (Å²) < 4.78 is 9.97. The van der Waals surface area contributed by atoms with Crippen LogP contribution in [0.2, 0.25) is 0 Å². The average molecular weight is 406 g/mol. The highest BCUT2D eigenvalue weighted by Crippen LogP contribution is 2.12. The molecule has 0 aliphatic rings. The number of anilines is 1. The maximum absolute atomic E-state index is 12.1. The van der Waals surface area contributed by atoms with Gasteiger partial charge in [0.15, 0.2) is 12.4 Å². The van der Waals surface area contributed by atoms with E-state index in [2.05, 4.69) is 10.6 Å². The molecule has 0 aliphatic carbocycles. The lowest BCUT2D eigenvalue weighted by Gasteiger charge is -2.19. The summed E-state index contributed by atoms with van der Waals surface area (Å²) in [6.07, 6.45) is -0.283.